The monoisotopic (exact) mass is 352 g/mol. The van der Waals surface area contributed by atoms with Crippen LogP contribution in [-0.4, -0.2) is 52.8 Å². The average molecular weight is 352 g/mol. The van der Waals surface area contributed by atoms with Crippen molar-refractivity contribution in [3.8, 4) is 5.75 Å². The molecule has 0 aliphatic carbocycles. The number of anilines is 1. The van der Waals surface area contributed by atoms with Crippen LogP contribution in [0.3, 0.4) is 0 Å². The summed E-state index contributed by atoms with van der Waals surface area (Å²) in [6.45, 7) is 4.63. The molecular weight excluding hydrogens is 328 g/mol. The van der Waals surface area contributed by atoms with Gasteiger partial charge in [0.25, 0.3) is 0 Å². The van der Waals surface area contributed by atoms with E-state index in [-0.39, 0.29) is 6.61 Å². The number of hydrogen-bond acceptors (Lipinski definition) is 5. The Bertz CT molecular complexity index is 867. The first-order valence-electron chi connectivity index (χ1n) is 8.95. The minimum atomic E-state index is -0.0412. The average Bonchev–Trinajstić information content (AvgIpc) is 3.06. The molecule has 0 saturated carbocycles. The number of aromatic nitrogens is 2. The number of para-hydroxylation sites is 2. The first-order valence-corrected chi connectivity index (χ1v) is 8.95. The summed E-state index contributed by atoms with van der Waals surface area (Å²) in [4.78, 5) is 9.35. The molecule has 0 amide bonds. The molecule has 26 heavy (non-hydrogen) atoms. The molecule has 1 aromatic heterocycles. The van der Waals surface area contributed by atoms with Crippen LogP contribution in [0.2, 0.25) is 0 Å². The number of rotatable bonds is 5. The predicted molar refractivity (Wildman–Crippen MR) is 102 cm³/mol. The van der Waals surface area contributed by atoms with Gasteiger partial charge in [-0.2, -0.15) is 0 Å². The molecular formula is C20H24N4O2. The normalized spacial score (nSPS) is 15.5. The number of benzene rings is 2. The van der Waals surface area contributed by atoms with Crippen molar-refractivity contribution in [2.75, 3.05) is 38.2 Å². The molecule has 0 bridgehead atoms. The van der Waals surface area contributed by atoms with Gasteiger partial charge in [0.05, 0.1) is 24.8 Å². The fourth-order valence-corrected chi connectivity index (χ4v) is 3.54. The molecule has 0 atom stereocenters. The summed E-state index contributed by atoms with van der Waals surface area (Å²) in [5, 5.41) is 9.66. The van der Waals surface area contributed by atoms with Crippen molar-refractivity contribution in [2.45, 2.75) is 13.3 Å². The largest absolute Gasteiger partial charge is 0.497 e. The fraction of sp³-hybridized carbons (Fsp3) is 0.350. The molecule has 1 saturated heterocycles. The lowest BCUT2D eigenvalue weighted by Crippen LogP contribution is -2.46. The van der Waals surface area contributed by atoms with E-state index in [9.17, 15) is 5.11 Å². The van der Waals surface area contributed by atoms with Gasteiger partial charge in [0, 0.05) is 31.9 Å². The maximum absolute atomic E-state index is 9.66. The summed E-state index contributed by atoms with van der Waals surface area (Å²) < 4.78 is 7.36. The molecule has 0 unspecified atom stereocenters. The number of nitrogens with zero attached hydrogens (tertiary/aromatic N) is 4. The Labute approximate surface area is 153 Å². The molecule has 4 rings (SSSR count). The van der Waals surface area contributed by atoms with Crippen LogP contribution in [0.5, 0.6) is 5.75 Å². The standard InChI is InChI=1S/C20H24N4O2/c1-26-17-8-6-16(7-9-17)23-12-10-22(11-13-23)15-24-19-5-3-2-4-18(19)21-20(24)14-25/h2-9,25H,10-15H2,1H3. The van der Waals surface area contributed by atoms with Gasteiger partial charge < -0.3 is 19.3 Å². The minimum Gasteiger partial charge on any atom is -0.497 e. The van der Waals surface area contributed by atoms with E-state index in [4.69, 9.17) is 4.74 Å². The van der Waals surface area contributed by atoms with Gasteiger partial charge in [0.1, 0.15) is 18.2 Å². The van der Waals surface area contributed by atoms with E-state index in [0.29, 0.717) is 0 Å². The zero-order valence-corrected chi connectivity index (χ0v) is 15.0. The summed E-state index contributed by atoms with van der Waals surface area (Å²) in [7, 11) is 1.69. The zero-order chi connectivity index (χ0) is 17.9. The molecule has 6 nitrogen and oxygen atoms in total. The van der Waals surface area contributed by atoms with E-state index in [1.54, 1.807) is 7.11 Å². The Morgan fingerprint density at radius 1 is 1.00 bits per heavy atom. The predicted octanol–water partition coefficient (Wildman–Crippen LogP) is 2.32. The number of aliphatic hydroxyl groups is 1. The summed E-state index contributed by atoms with van der Waals surface area (Å²) in [5.41, 5.74) is 3.25. The first-order chi connectivity index (χ1) is 12.8. The molecule has 1 N–H and O–H groups in total. The van der Waals surface area contributed by atoms with Crippen molar-refractivity contribution in [3.63, 3.8) is 0 Å². The van der Waals surface area contributed by atoms with Crippen molar-refractivity contribution in [1.29, 1.82) is 0 Å². The van der Waals surface area contributed by atoms with E-state index in [1.807, 2.05) is 30.3 Å². The molecule has 1 aliphatic rings. The lowest BCUT2D eigenvalue weighted by Gasteiger charge is -2.36. The molecule has 1 aliphatic heterocycles. The Balaban J connectivity index is 1.44. The van der Waals surface area contributed by atoms with Crippen molar-refractivity contribution in [2.24, 2.45) is 0 Å². The van der Waals surface area contributed by atoms with Crippen LogP contribution >= 0.6 is 0 Å². The van der Waals surface area contributed by atoms with Gasteiger partial charge in [-0.3, -0.25) is 4.90 Å². The topological polar surface area (TPSA) is 53.8 Å². The first kappa shape index (κ1) is 16.9. The molecule has 3 aromatic rings. The fourth-order valence-electron chi connectivity index (χ4n) is 3.54. The minimum absolute atomic E-state index is 0.0412. The van der Waals surface area contributed by atoms with Gasteiger partial charge in [-0.05, 0) is 36.4 Å². The highest BCUT2D eigenvalue weighted by atomic mass is 16.5. The third-order valence-corrected chi connectivity index (χ3v) is 5.03. The van der Waals surface area contributed by atoms with Gasteiger partial charge in [0.2, 0.25) is 0 Å². The molecule has 1 fully saturated rings. The van der Waals surface area contributed by atoms with Crippen LogP contribution < -0.4 is 9.64 Å². The Morgan fingerprint density at radius 2 is 1.73 bits per heavy atom. The summed E-state index contributed by atoms with van der Waals surface area (Å²) in [6.07, 6.45) is 0. The number of fused-ring (bicyclic) bond motifs is 1. The van der Waals surface area contributed by atoms with Gasteiger partial charge in [-0.25, -0.2) is 4.98 Å². The zero-order valence-electron chi connectivity index (χ0n) is 15.0. The molecule has 0 spiro atoms. The molecule has 6 heteroatoms. The molecule has 2 heterocycles. The van der Waals surface area contributed by atoms with Crippen LogP contribution in [-0.2, 0) is 13.3 Å². The highest BCUT2D eigenvalue weighted by Gasteiger charge is 2.19. The molecule has 2 aromatic carbocycles. The van der Waals surface area contributed by atoms with E-state index in [2.05, 4.69) is 37.5 Å². The van der Waals surface area contributed by atoms with E-state index in [1.165, 1.54) is 5.69 Å². The number of ether oxygens (including phenoxy) is 1. The van der Waals surface area contributed by atoms with Gasteiger partial charge in [-0.1, -0.05) is 12.1 Å². The van der Waals surface area contributed by atoms with Crippen LogP contribution in [0.25, 0.3) is 11.0 Å². The Kier molecular flexibility index (Phi) is 4.77. The molecule has 0 radical (unpaired) electrons. The number of piperazine rings is 1. The van der Waals surface area contributed by atoms with E-state index < -0.39 is 0 Å². The third-order valence-electron chi connectivity index (χ3n) is 5.03. The van der Waals surface area contributed by atoms with Crippen LogP contribution in [0.4, 0.5) is 5.69 Å². The smallest absolute Gasteiger partial charge is 0.136 e. The van der Waals surface area contributed by atoms with Crippen molar-refractivity contribution < 1.29 is 9.84 Å². The Morgan fingerprint density at radius 3 is 2.42 bits per heavy atom. The van der Waals surface area contributed by atoms with E-state index in [0.717, 1.165) is 55.5 Å². The number of methoxy groups -OCH3 is 1. The number of imidazole rings is 1. The Hall–Kier alpha value is -2.57. The summed E-state index contributed by atoms with van der Waals surface area (Å²) in [6, 6.07) is 16.3. The summed E-state index contributed by atoms with van der Waals surface area (Å²) >= 11 is 0. The van der Waals surface area contributed by atoms with Crippen molar-refractivity contribution in [3.05, 3.63) is 54.4 Å². The summed E-state index contributed by atoms with van der Waals surface area (Å²) in [5.74, 6) is 1.61. The van der Waals surface area contributed by atoms with Crippen molar-refractivity contribution in [1.82, 2.24) is 14.5 Å². The van der Waals surface area contributed by atoms with E-state index >= 15 is 0 Å². The SMILES string of the molecule is COc1ccc(N2CCN(Cn3c(CO)nc4ccccc43)CC2)cc1. The highest BCUT2D eigenvalue weighted by Crippen LogP contribution is 2.22. The van der Waals surface area contributed by atoms with Gasteiger partial charge in [0.15, 0.2) is 0 Å². The lowest BCUT2D eigenvalue weighted by atomic mass is 10.2. The number of hydrogen-bond donors (Lipinski definition) is 1. The quantitative estimate of drug-likeness (QED) is 0.764. The van der Waals surface area contributed by atoms with Crippen LogP contribution in [0, 0.1) is 0 Å². The maximum atomic E-state index is 9.66. The van der Waals surface area contributed by atoms with Gasteiger partial charge >= 0.3 is 0 Å². The number of aliphatic hydroxyl groups excluding tert-OH is 1. The second-order valence-corrected chi connectivity index (χ2v) is 6.55. The lowest BCUT2D eigenvalue weighted by molar-refractivity contribution is 0.195. The second kappa shape index (κ2) is 7.35. The maximum Gasteiger partial charge on any atom is 0.136 e. The van der Waals surface area contributed by atoms with Crippen LogP contribution in [0.15, 0.2) is 48.5 Å². The van der Waals surface area contributed by atoms with Crippen LogP contribution in [0.1, 0.15) is 5.82 Å². The van der Waals surface area contributed by atoms with Crippen molar-refractivity contribution >= 4 is 16.7 Å². The second-order valence-electron chi connectivity index (χ2n) is 6.55. The highest BCUT2D eigenvalue weighted by molar-refractivity contribution is 5.75. The third kappa shape index (κ3) is 3.25. The molecule has 136 valence electrons. The van der Waals surface area contributed by atoms with Gasteiger partial charge in [-0.15, -0.1) is 0 Å².